The second-order valence-electron chi connectivity index (χ2n) is 6.80. The number of amides is 2. The normalized spacial score (nSPS) is 15.7. The molecule has 7 heteroatoms. The molecule has 0 spiro atoms. The van der Waals surface area contributed by atoms with Crippen LogP contribution in [0.25, 0.3) is 6.08 Å². The highest BCUT2D eigenvalue weighted by molar-refractivity contribution is 8.26. The van der Waals surface area contributed by atoms with Gasteiger partial charge in [0.15, 0.2) is 0 Å². The molecule has 2 amide bonds. The predicted octanol–water partition coefficient (Wildman–Crippen LogP) is 4.96. The van der Waals surface area contributed by atoms with Crippen molar-refractivity contribution in [2.24, 2.45) is 0 Å². The highest BCUT2D eigenvalue weighted by Gasteiger charge is 2.31. The maximum atomic E-state index is 12.7. The van der Waals surface area contributed by atoms with Crippen molar-refractivity contribution >= 4 is 51.9 Å². The summed E-state index contributed by atoms with van der Waals surface area (Å²) < 4.78 is 0.500. The van der Waals surface area contributed by atoms with Crippen LogP contribution in [0.4, 0.5) is 5.69 Å². The first-order chi connectivity index (χ1) is 14.4. The van der Waals surface area contributed by atoms with Gasteiger partial charge in [-0.25, -0.2) is 0 Å². The summed E-state index contributed by atoms with van der Waals surface area (Å²) in [7, 11) is 0. The lowest BCUT2D eigenvalue weighted by Crippen LogP contribution is -2.29. The van der Waals surface area contributed by atoms with Gasteiger partial charge in [-0.05, 0) is 42.7 Å². The molecule has 1 fully saturated rings. The molecule has 0 unspecified atom stereocenters. The van der Waals surface area contributed by atoms with E-state index in [4.69, 9.17) is 12.2 Å². The minimum Gasteiger partial charge on any atom is -0.506 e. The van der Waals surface area contributed by atoms with Crippen LogP contribution in [0.2, 0.25) is 0 Å². The Hall–Kier alpha value is -2.90. The Morgan fingerprint density at radius 1 is 1.17 bits per heavy atom. The number of carbonyl (C=O) groups excluding carboxylic acids is 2. The molecule has 0 atom stereocenters. The second-order valence-corrected chi connectivity index (χ2v) is 8.48. The first-order valence-corrected chi connectivity index (χ1v) is 10.7. The lowest BCUT2D eigenvalue weighted by molar-refractivity contribution is -0.122. The maximum absolute atomic E-state index is 12.7. The number of aromatic hydroxyl groups is 1. The maximum Gasteiger partial charge on any atom is 0.266 e. The number of thioether (sulfide) groups is 1. The van der Waals surface area contributed by atoms with Gasteiger partial charge in [-0.15, -0.1) is 0 Å². The fraction of sp³-hybridized carbons (Fsp3) is 0.174. The van der Waals surface area contributed by atoms with Gasteiger partial charge in [0, 0.05) is 13.0 Å². The fourth-order valence-corrected chi connectivity index (χ4v) is 4.30. The summed E-state index contributed by atoms with van der Waals surface area (Å²) in [5.74, 6) is -0.335. The third-order valence-electron chi connectivity index (χ3n) is 4.39. The third-order valence-corrected chi connectivity index (χ3v) is 5.77. The average Bonchev–Trinajstić information content (AvgIpc) is 2.97. The number of allylic oxidation sites excluding steroid dienone is 2. The van der Waals surface area contributed by atoms with Crippen LogP contribution in [0, 0.1) is 0 Å². The van der Waals surface area contributed by atoms with Crippen LogP contribution in [0.15, 0.2) is 71.2 Å². The van der Waals surface area contributed by atoms with E-state index in [1.54, 1.807) is 18.2 Å². The van der Waals surface area contributed by atoms with Crippen LogP contribution in [-0.4, -0.2) is 32.7 Å². The van der Waals surface area contributed by atoms with Gasteiger partial charge in [0.2, 0.25) is 5.91 Å². The molecule has 2 aromatic carbocycles. The Bertz CT molecular complexity index is 1020. The summed E-state index contributed by atoms with van der Waals surface area (Å²) in [6.07, 6.45) is 4.54. The summed E-state index contributed by atoms with van der Waals surface area (Å²) in [4.78, 5) is 26.9. The molecule has 0 saturated carbocycles. The van der Waals surface area contributed by atoms with E-state index in [9.17, 15) is 14.7 Å². The van der Waals surface area contributed by atoms with E-state index < -0.39 is 0 Å². The van der Waals surface area contributed by atoms with Gasteiger partial charge in [0.25, 0.3) is 5.91 Å². The molecule has 1 heterocycles. The molecule has 1 saturated heterocycles. The van der Waals surface area contributed by atoms with Crippen molar-refractivity contribution in [1.29, 1.82) is 0 Å². The fourth-order valence-electron chi connectivity index (χ4n) is 2.94. The van der Waals surface area contributed by atoms with Crippen molar-refractivity contribution in [3.8, 4) is 5.75 Å². The molecule has 1 aliphatic heterocycles. The van der Waals surface area contributed by atoms with Crippen LogP contribution >= 0.6 is 24.0 Å². The van der Waals surface area contributed by atoms with E-state index in [0.717, 1.165) is 11.1 Å². The number of anilines is 1. The van der Waals surface area contributed by atoms with E-state index in [2.05, 4.69) is 5.32 Å². The molecule has 0 radical (unpaired) electrons. The first kappa shape index (κ1) is 21.8. The highest BCUT2D eigenvalue weighted by atomic mass is 32.2. The molecule has 30 heavy (non-hydrogen) atoms. The first-order valence-electron chi connectivity index (χ1n) is 9.50. The largest absolute Gasteiger partial charge is 0.506 e. The quantitative estimate of drug-likeness (QED) is 0.363. The Kier molecular flexibility index (Phi) is 7.43. The monoisotopic (exact) mass is 438 g/mol. The topological polar surface area (TPSA) is 69.6 Å². The van der Waals surface area contributed by atoms with Crippen LogP contribution in [-0.2, 0) is 9.59 Å². The van der Waals surface area contributed by atoms with Crippen LogP contribution < -0.4 is 5.32 Å². The summed E-state index contributed by atoms with van der Waals surface area (Å²) >= 11 is 6.63. The number of nitrogens with zero attached hydrogens (tertiary/aromatic N) is 1. The molecule has 3 rings (SSSR count). The number of phenols is 1. The van der Waals surface area contributed by atoms with Crippen molar-refractivity contribution in [2.45, 2.75) is 19.8 Å². The molecule has 154 valence electrons. The zero-order valence-electron chi connectivity index (χ0n) is 16.5. The summed E-state index contributed by atoms with van der Waals surface area (Å²) in [5, 5.41) is 12.4. The van der Waals surface area contributed by atoms with Crippen LogP contribution in [0.5, 0.6) is 5.75 Å². The van der Waals surface area contributed by atoms with Crippen molar-refractivity contribution in [1.82, 2.24) is 4.90 Å². The zero-order valence-corrected chi connectivity index (χ0v) is 18.1. The highest BCUT2D eigenvalue weighted by Crippen LogP contribution is 2.32. The summed E-state index contributed by atoms with van der Waals surface area (Å²) in [6, 6.07) is 16.5. The van der Waals surface area contributed by atoms with Crippen LogP contribution in [0.1, 0.15) is 25.3 Å². The van der Waals surface area contributed by atoms with Gasteiger partial charge in [-0.2, -0.15) is 0 Å². The Morgan fingerprint density at radius 2 is 1.87 bits per heavy atom. The lowest BCUT2D eigenvalue weighted by Gasteiger charge is -2.14. The molecule has 0 aliphatic carbocycles. The van der Waals surface area contributed by atoms with Crippen molar-refractivity contribution in [3.63, 3.8) is 0 Å². The molecule has 1 aliphatic rings. The van der Waals surface area contributed by atoms with E-state index in [1.807, 2.05) is 49.4 Å². The minimum absolute atomic E-state index is 0.0202. The van der Waals surface area contributed by atoms with Gasteiger partial charge in [0.1, 0.15) is 10.1 Å². The summed E-state index contributed by atoms with van der Waals surface area (Å²) in [5.41, 5.74) is 2.40. The SMILES string of the molecule is CC(/C=C1\SC(=S)N(CCCC(=O)Nc2ccccc2O)C1=O)=C\c1ccccc1. The average molecular weight is 439 g/mol. The summed E-state index contributed by atoms with van der Waals surface area (Å²) in [6.45, 7) is 2.32. The number of hydrogen-bond donors (Lipinski definition) is 2. The number of rotatable bonds is 7. The zero-order chi connectivity index (χ0) is 21.5. The molecule has 0 bridgehead atoms. The van der Waals surface area contributed by atoms with E-state index >= 15 is 0 Å². The third kappa shape index (κ3) is 5.81. The molecule has 0 aromatic heterocycles. The molecule has 5 nitrogen and oxygen atoms in total. The molecule has 2 N–H and O–H groups in total. The standard InChI is InChI=1S/C23H22N2O3S2/c1-16(14-17-8-3-2-4-9-17)15-20-22(28)25(23(29)30-20)13-7-12-21(27)24-18-10-5-6-11-19(18)26/h2-6,8-11,14-15,26H,7,12-13H2,1H3,(H,24,27)/b16-14+,20-15-. The van der Waals surface area contributed by atoms with E-state index in [1.165, 1.54) is 22.7 Å². The number of carbonyl (C=O) groups is 2. The molecular weight excluding hydrogens is 416 g/mol. The van der Waals surface area contributed by atoms with E-state index in [-0.39, 0.29) is 24.0 Å². The number of thiocarbonyl (C=S) groups is 1. The van der Waals surface area contributed by atoms with Gasteiger partial charge >= 0.3 is 0 Å². The van der Waals surface area contributed by atoms with Crippen molar-refractivity contribution in [3.05, 3.63) is 76.7 Å². The predicted molar refractivity (Wildman–Crippen MR) is 126 cm³/mol. The van der Waals surface area contributed by atoms with Gasteiger partial charge < -0.3 is 10.4 Å². The number of benzene rings is 2. The Morgan fingerprint density at radius 3 is 2.60 bits per heavy atom. The Labute approximate surface area is 185 Å². The van der Waals surface area contributed by atoms with E-state index in [0.29, 0.717) is 27.9 Å². The minimum atomic E-state index is -0.223. The number of hydrogen-bond acceptors (Lipinski definition) is 5. The smallest absolute Gasteiger partial charge is 0.266 e. The van der Waals surface area contributed by atoms with Crippen LogP contribution in [0.3, 0.4) is 0 Å². The van der Waals surface area contributed by atoms with Gasteiger partial charge in [-0.3, -0.25) is 14.5 Å². The second kappa shape index (κ2) is 10.2. The van der Waals surface area contributed by atoms with Gasteiger partial charge in [0.05, 0.1) is 10.6 Å². The molecular formula is C23H22N2O3S2. The van der Waals surface area contributed by atoms with Crippen molar-refractivity contribution in [2.75, 3.05) is 11.9 Å². The number of para-hydroxylation sites is 2. The number of phenolic OH excluding ortho intramolecular Hbond substituents is 1. The number of nitrogens with one attached hydrogen (secondary N) is 1. The Balaban J connectivity index is 1.54. The van der Waals surface area contributed by atoms with Crippen molar-refractivity contribution < 1.29 is 14.7 Å². The lowest BCUT2D eigenvalue weighted by atomic mass is 10.1. The molecule has 2 aromatic rings. The van der Waals surface area contributed by atoms with Gasteiger partial charge in [-0.1, -0.05) is 72.5 Å².